The number of carbonyl (C=O) groups excluding carboxylic acids is 1. The van der Waals surface area contributed by atoms with Crippen LogP contribution < -0.4 is 5.01 Å². The van der Waals surface area contributed by atoms with Gasteiger partial charge in [0.2, 0.25) is 5.91 Å². The Balaban J connectivity index is 1.89. The van der Waals surface area contributed by atoms with Crippen molar-refractivity contribution in [2.45, 2.75) is 13.0 Å². The second-order valence-electron chi connectivity index (χ2n) is 5.19. The summed E-state index contributed by atoms with van der Waals surface area (Å²) in [5, 5.41) is 15.1. The van der Waals surface area contributed by atoms with Crippen molar-refractivity contribution in [1.29, 1.82) is 0 Å². The summed E-state index contributed by atoms with van der Waals surface area (Å²) in [6.45, 7) is 0.708. The molecule has 3 rings (SSSR count). The van der Waals surface area contributed by atoms with Gasteiger partial charge in [-0.3, -0.25) is 19.9 Å². The lowest BCUT2D eigenvalue weighted by Crippen LogP contribution is -2.38. The molecule has 118 valence electrons. The van der Waals surface area contributed by atoms with Crippen LogP contribution in [0.15, 0.2) is 48.5 Å². The van der Waals surface area contributed by atoms with Crippen LogP contribution in [-0.4, -0.2) is 22.4 Å². The SMILES string of the molecule is O=C1CCN(c2ccc(Cl)cc2)N1Cc1ccccc1[N+](=O)[O-]. The van der Waals surface area contributed by atoms with Crippen LogP contribution in [0.3, 0.4) is 0 Å². The first-order valence-electron chi connectivity index (χ1n) is 7.12. The van der Waals surface area contributed by atoms with E-state index in [4.69, 9.17) is 11.6 Å². The number of amides is 1. The Morgan fingerprint density at radius 1 is 1.13 bits per heavy atom. The number of nitro benzene ring substituents is 1. The van der Waals surface area contributed by atoms with Gasteiger partial charge in [-0.2, -0.15) is 0 Å². The van der Waals surface area contributed by atoms with E-state index < -0.39 is 4.92 Å². The molecule has 1 fully saturated rings. The Morgan fingerprint density at radius 2 is 1.83 bits per heavy atom. The average molecular weight is 332 g/mol. The Labute approximate surface area is 138 Å². The van der Waals surface area contributed by atoms with Gasteiger partial charge in [-0.05, 0) is 24.3 Å². The molecule has 0 N–H and O–H groups in total. The summed E-state index contributed by atoms with van der Waals surface area (Å²) in [5.41, 5.74) is 1.36. The first kappa shape index (κ1) is 15.3. The van der Waals surface area contributed by atoms with Crippen LogP contribution in [0.1, 0.15) is 12.0 Å². The van der Waals surface area contributed by atoms with Gasteiger partial charge in [0.1, 0.15) is 0 Å². The Kier molecular flexibility index (Phi) is 4.16. The maximum absolute atomic E-state index is 12.2. The van der Waals surface area contributed by atoms with Crippen molar-refractivity contribution in [3.63, 3.8) is 0 Å². The summed E-state index contributed by atoms with van der Waals surface area (Å²) in [7, 11) is 0. The largest absolute Gasteiger partial charge is 0.282 e. The van der Waals surface area contributed by atoms with E-state index >= 15 is 0 Å². The van der Waals surface area contributed by atoms with E-state index in [1.54, 1.807) is 35.3 Å². The maximum atomic E-state index is 12.2. The number of nitro groups is 1. The summed E-state index contributed by atoms with van der Waals surface area (Å²) in [4.78, 5) is 22.9. The molecule has 0 aliphatic carbocycles. The molecule has 1 aliphatic rings. The third-order valence-corrected chi connectivity index (χ3v) is 4.00. The van der Waals surface area contributed by atoms with Gasteiger partial charge in [0, 0.05) is 24.1 Å². The Hall–Kier alpha value is -2.60. The van der Waals surface area contributed by atoms with Crippen molar-refractivity contribution in [3.8, 4) is 0 Å². The number of carbonyl (C=O) groups is 1. The second-order valence-corrected chi connectivity index (χ2v) is 5.62. The molecule has 2 aromatic carbocycles. The van der Waals surface area contributed by atoms with Crippen LogP contribution in [0.2, 0.25) is 5.02 Å². The zero-order valence-electron chi connectivity index (χ0n) is 12.2. The molecule has 0 unspecified atom stereocenters. The van der Waals surface area contributed by atoms with Gasteiger partial charge in [0.05, 0.1) is 22.7 Å². The highest BCUT2D eigenvalue weighted by Crippen LogP contribution is 2.28. The number of hydrazine groups is 1. The number of anilines is 1. The quantitative estimate of drug-likeness (QED) is 0.636. The zero-order chi connectivity index (χ0) is 16.4. The van der Waals surface area contributed by atoms with Gasteiger partial charge >= 0.3 is 0 Å². The highest BCUT2D eigenvalue weighted by Gasteiger charge is 2.30. The molecule has 1 amide bonds. The summed E-state index contributed by atoms with van der Waals surface area (Å²) in [6, 6.07) is 13.6. The number of hydrogen-bond donors (Lipinski definition) is 0. The number of para-hydroxylation sites is 1. The molecule has 0 atom stereocenters. The van der Waals surface area contributed by atoms with Crippen molar-refractivity contribution >= 4 is 28.9 Å². The minimum Gasteiger partial charge on any atom is -0.282 e. The molecule has 0 spiro atoms. The van der Waals surface area contributed by atoms with Crippen LogP contribution in [0, 0.1) is 10.1 Å². The molecule has 0 saturated carbocycles. The predicted octanol–water partition coefficient (Wildman–Crippen LogP) is 3.40. The zero-order valence-corrected chi connectivity index (χ0v) is 12.9. The van der Waals surface area contributed by atoms with Crippen LogP contribution >= 0.6 is 11.6 Å². The minimum absolute atomic E-state index is 0.0169. The predicted molar refractivity (Wildman–Crippen MR) is 87.1 cm³/mol. The molecule has 0 aromatic heterocycles. The molecule has 0 bridgehead atoms. The van der Waals surface area contributed by atoms with Crippen molar-refractivity contribution in [2.24, 2.45) is 0 Å². The van der Waals surface area contributed by atoms with Crippen molar-refractivity contribution in [1.82, 2.24) is 5.01 Å². The molecule has 6 nitrogen and oxygen atoms in total. The van der Waals surface area contributed by atoms with Gasteiger partial charge in [0.25, 0.3) is 5.69 Å². The number of nitrogens with zero attached hydrogens (tertiary/aromatic N) is 3. The lowest BCUT2D eigenvalue weighted by Gasteiger charge is -2.29. The molecular weight excluding hydrogens is 318 g/mol. The fourth-order valence-electron chi connectivity index (χ4n) is 2.63. The van der Waals surface area contributed by atoms with Crippen LogP contribution in [0.5, 0.6) is 0 Å². The number of rotatable bonds is 4. The van der Waals surface area contributed by atoms with Gasteiger partial charge in [-0.1, -0.05) is 29.8 Å². The van der Waals surface area contributed by atoms with E-state index in [0.29, 0.717) is 23.6 Å². The van der Waals surface area contributed by atoms with Gasteiger partial charge in [0.15, 0.2) is 0 Å². The van der Waals surface area contributed by atoms with Crippen molar-refractivity contribution < 1.29 is 9.72 Å². The van der Waals surface area contributed by atoms with E-state index in [2.05, 4.69) is 0 Å². The Bertz CT molecular complexity index is 748. The smallest absolute Gasteiger partial charge is 0.274 e. The summed E-state index contributed by atoms with van der Waals surface area (Å²) in [5.74, 6) is -0.0573. The number of hydrogen-bond acceptors (Lipinski definition) is 4. The number of halogens is 1. The molecular formula is C16H14ClN3O3. The lowest BCUT2D eigenvalue weighted by molar-refractivity contribution is -0.385. The maximum Gasteiger partial charge on any atom is 0.274 e. The van der Waals surface area contributed by atoms with Crippen LogP contribution in [0.25, 0.3) is 0 Å². The topological polar surface area (TPSA) is 66.7 Å². The Morgan fingerprint density at radius 3 is 2.52 bits per heavy atom. The van der Waals surface area contributed by atoms with Crippen LogP contribution in [-0.2, 0) is 11.3 Å². The van der Waals surface area contributed by atoms with E-state index in [-0.39, 0.29) is 18.1 Å². The number of benzene rings is 2. The van der Waals surface area contributed by atoms with Crippen molar-refractivity contribution in [3.05, 3.63) is 69.2 Å². The van der Waals surface area contributed by atoms with Gasteiger partial charge < -0.3 is 0 Å². The molecule has 1 aliphatic heterocycles. The van der Waals surface area contributed by atoms with Crippen LogP contribution in [0.4, 0.5) is 11.4 Å². The van der Waals surface area contributed by atoms with Gasteiger partial charge in [-0.15, -0.1) is 0 Å². The van der Waals surface area contributed by atoms with Gasteiger partial charge in [-0.25, -0.2) is 5.01 Å². The summed E-state index contributed by atoms with van der Waals surface area (Å²) >= 11 is 5.89. The normalized spacial score (nSPS) is 14.4. The summed E-state index contributed by atoms with van der Waals surface area (Å²) in [6.07, 6.45) is 0.378. The van der Waals surface area contributed by atoms with E-state index in [9.17, 15) is 14.9 Å². The standard InChI is InChI=1S/C16H14ClN3O3/c17-13-5-7-14(8-6-13)18-10-9-16(21)19(18)11-12-3-1-2-4-15(12)20(22)23/h1-8H,9-11H2. The highest BCUT2D eigenvalue weighted by atomic mass is 35.5. The van der Waals surface area contributed by atoms with E-state index in [1.165, 1.54) is 6.07 Å². The fourth-order valence-corrected chi connectivity index (χ4v) is 2.75. The van der Waals surface area contributed by atoms with Crippen molar-refractivity contribution in [2.75, 3.05) is 11.6 Å². The van der Waals surface area contributed by atoms with E-state index in [1.807, 2.05) is 17.1 Å². The molecule has 1 heterocycles. The fraction of sp³-hybridized carbons (Fsp3) is 0.188. The minimum atomic E-state index is -0.428. The highest BCUT2D eigenvalue weighted by molar-refractivity contribution is 6.30. The molecule has 2 aromatic rings. The average Bonchev–Trinajstić information content (AvgIpc) is 2.90. The lowest BCUT2D eigenvalue weighted by atomic mass is 10.2. The summed E-state index contributed by atoms with van der Waals surface area (Å²) < 4.78 is 0. The third kappa shape index (κ3) is 3.12. The molecule has 23 heavy (non-hydrogen) atoms. The molecule has 0 radical (unpaired) electrons. The third-order valence-electron chi connectivity index (χ3n) is 3.75. The van der Waals surface area contributed by atoms with E-state index in [0.717, 1.165) is 5.69 Å². The second kappa shape index (κ2) is 6.26. The monoisotopic (exact) mass is 331 g/mol. The molecule has 7 heteroatoms. The first-order chi connectivity index (χ1) is 11.1. The first-order valence-corrected chi connectivity index (χ1v) is 7.50. The molecule has 1 saturated heterocycles.